The van der Waals surface area contributed by atoms with Crippen molar-refractivity contribution < 1.29 is 18.3 Å². The molecule has 1 N–H and O–H groups in total. The van der Waals surface area contributed by atoms with E-state index in [-0.39, 0.29) is 10.9 Å². The third-order valence-corrected chi connectivity index (χ3v) is 5.17. The smallest absolute Gasteiger partial charge is 0.328 e. The summed E-state index contributed by atoms with van der Waals surface area (Å²) in [5.74, 6) is -1.06. The molecule has 0 aliphatic heterocycles. The maximum Gasteiger partial charge on any atom is 0.328 e. The SMILES string of the molecule is CCN(C1CC1)S(=O)(=O)c1cccc(C=CC(=O)O)c1. The Kier molecular flexibility index (Phi) is 4.25. The molecule has 0 atom stereocenters. The molecule has 1 saturated carbocycles. The minimum atomic E-state index is -3.50. The molecule has 6 heteroatoms. The Morgan fingerprint density at radius 3 is 2.70 bits per heavy atom. The van der Waals surface area contributed by atoms with Crippen LogP contribution in [0.2, 0.25) is 0 Å². The fraction of sp³-hybridized carbons (Fsp3) is 0.357. The molecule has 0 saturated heterocycles. The highest BCUT2D eigenvalue weighted by Gasteiger charge is 2.36. The van der Waals surface area contributed by atoms with Gasteiger partial charge in [-0.25, -0.2) is 13.2 Å². The van der Waals surface area contributed by atoms with Crippen LogP contribution in [-0.2, 0) is 14.8 Å². The van der Waals surface area contributed by atoms with Gasteiger partial charge in [0.1, 0.15) is 0 Å². The van der Waals surface area contributed by atoms with Gasteiger partial charge in [0, 0.05) is 18.7 Å². The van der Waals surface area contributed by atoms with E-state index < -0.39 is 16.0 Å². The van der Waals surface area contributed by atoms with Crippen LogP contribution >= 0.6 is 0 Å². The third-order valence-electron chi connectivity index (χ3n) is 3.15. The normalized spacial score (nSPS) is 15.9. The zero-order chi connectivity index (χ0) is 14.8. The van der Waals surface area contributed by atoms with Crippen molar-refractivity contribution in [3.8, 4) is 0 Å². The number of hydrogen-bond donors (Lipinski definition) is 1. The van der Waals surface area contributed by atoms with Crippen LogP contribution in [0, 0.1) is 0 Å². The van der Waals surface area contributed by atoms with E-state index in [0.717, 1.165) is 18.9 Å². The standard InChI is InChI=1S/C14H17NO4S/c1-2-15(12-7-8-12)20(18,19)13-5-3-4-11(10-13)6-9-14(16)17/h3-6,9-10,12H,2,7-8H2,1H3,(H,16,17). The first-order valence-corrected chi connectivity index (χ1v) is 7.92. The van der Waals surface area contributed by atoms with Gasteiger partial charge < -0.3 is 5.11 Å². The van der Waals surface area contributed by atoms with Gasteiger partial charge in [-0.3, -0.25) is 0 Å². The van der Waals surface area contributed by atoms with E-state index in [1.54, 1.807) is 18.2 Å². The number of carboxylic acid groups (broad SMARTS) is 1. The van der Waals surface area contributed by atoms with Crippen molar-refractivity contribution in [3.63, 3.8) is 0 Å². The second kappa shape index (κ2) is 5.76. The molecule has 0 amide bonds. The van der Waals surface area contributed by atoms with Gasteiger partial charge in [-0.2, -0.15) is 4.31 Å². The Labute approximate surface area is 118 Å². The second-order valence-electron chi connectivity index (χ2n) is 4.68. The molecule has 0 heterocycles. The van der Waals surface area contributed by atoms with Gasteiger partial charge in [0.2, 0.25) is 10.0 Å². The van der Waals surface area contributed by atoms with Crippen LogP contribution in [0.3, 0.4) is 0 Å². The molecule has 0 unspecified atom stereocenters. The summed E-state index contributed by atoms with van der Waals surface area (Å²) in [7, 11) is -3.50. The van der Waals surface area contributed by atoms with Gasteiger partial charge >= 0.3 is 5.97 Å². The molecule has 0 radical (unpaired) electrons. The highest BCUT2D eigenvalue weighted by molar-refractivity contribution is 7.89. The van der Waals surface area contributed by atoms with Crippen LogP contribution < -0.4 is 0 Å². The first-order valence-electron chi connectivity index (χ1n) is 6.48. The van der Waals surface area contributed by atoms with Crippen LogP contribution in [-0.4, -0.2) is 36.4 Å². The molecule has 2 rings (SSSR count). The molecule has 0 spiro atoms. The van der Waals surface area contributed by atoms with Crippen molar-refractivity contribution in [2.75, 3.05) is 6.54 Å². The average Bonchev–Trinajstić information content (AvgIpc) is 3.22. The van der Waals surface area contributed by atoms with E-state index in [1.165, 1.54) is 16.4 Å². The summed E-state index contributed by atoms with van der Waals surface area (Å²) in [5, 5.41) is 8.60. The Morgan fingerprint density at radius 2 is 2.15 bits per heavy atom. The highest BCUT2D eigenvalue weighted by Crippen LogP contribution is 2.31. The molecule has 108 valence electrons. The first kappa shape index (κ1) is 14.7. The van der Waals surface area contributed by atoms with Crippen molar-refractivity contribution in [1.82, 2.24) is 4.31 Å². The quantitative estimate of drug-likeness (QED) is 0.814. The topological polar surface area (TPSA) is 74.7 Å². The van der Waals surface area contributed by atoms with Crippen molar-refractivity contribution >= 4 is 22.1 Å². The van der Waals surface area contributed by atoms with Crippen molar-refractivity contribution in [3.05, 3.63) is 35.9 Å². The summed E-state index contributed by atoms with van der Waals surface area (Å²) in [5.41, 5.74) is 0.556. The molecule has 0 bridgehead atoms. The summed E-state index contributed by atoms with van der Waals surface area (Å²) in [4.78, 5) is 10.7. The summed E-state index contributed by atoms with van der Waals surface area (Å²) in [6.45, 7) is 2.27. The minimum Gasteiger partial charge on any atom is -0.478 e. The Hall–Kier alpha value is -1.66. The van der Waals surface area contributed by atoms with Crippen molar-refractivity contribution in [2.24, 2.45) is 0 Å². The first-order chi connectivity index (χ1) is 9.45. The number of aliphatic carboxylic acids is 1. The van der Waals surface area contributed by atoms with Gasteiger partial charge in [0.25, 0.3) is 0 Å². The predicted molar refractivity (Wildman–Crippen MR) is 75.7 cm³/mol. The molecule has 0 aromatic heterocycles. The Bertz CT molecular complexity index is 632. The molecule has 1 aromatic carbocycles. The number of hydrogen-bond acceptors (Lipinski definition) is 3. The van der Waals surface area contributed by atoms with E-state index in [9.17, 15) is 13.2 Å². The lowest BCUT2D eigenvalue weighted by Crippen LogP contribution is -2.32. The predicted octanol–water partition coefficient (Wildman–Crippen LogP) is 1.96. The van der Waals surface area contributed by atoms with Gasteiger partial charge in [-0.05, 0) is 36.6 Å². The van der Waals surface area contributed by atoms with E-state index in [0.29, 0.717) is 12.1 Å². The third kappa shape index (κ3) is 3.26. The van der Waals surface area contributed by atoms with Crippen molar-refractivity contribution in [1.29, 1.82) is 0 Å². The second-order valence-corrected chi connectivity index (χ2v) is 6.57. The minimum absolute atomic E-state index is 0.114. The molecular formula is C14H17NO4S. The molecule has 1 aromatic rings. The number of nitrogens with zero attached hydrogens (tertiary/aromatic N) is 1. The van der Waals surface area contributed by atoms with Gasteiger partial charge in [-0.1, -0.05) is 19.1 Å². The summed E-state index contributed by atoms with van der Waals surface area (Å²) < 4.78 is 26.5. The van der Waals surface area contributed by atoms with Crippen LogP contribution in [0.5, 0.6) is 0 Å². The Balaban J connectivity index is 2.32. The Morgan fingerprint density at radius 1 is 1.45 bits per heavy atom. The number of benzene rings is 1. The fourth-order valence-corrected chi connectivity index (χ4v) is 3.82. The van der Waals surface area contributed by atoms with Gasteiger partial charge in [0.15, 0.2) is 0 Å². The van der Waals surface area contributed by atoms with Crippen molar-refractivity contribution in [2.45, 2.75) is 30.7 Å². The van der Waals surface area contributed by atoms with Crippen LogP contribution in [0.4, 0.5) is 0 Å². The number of sulfonamides is 1. The van der Waals surface area contributed by atoms with Crippen LogP contribution in [0.25, 0.3) is 6.08 Å². The fourth-order valence-electron chi connectivity index (χ4n) is 2.07. The molecule has 20 heavy (non-hydrogen) atoms. The maximum atomic E-state index is 12.5. The van der Waals surface area contributed by atoms with E-state index in [1.807, 2.05) is 6.92 Å². The number of carboxylic acids is 1. The zero-order valence-corrected chi connectivity index (χ0v) is 12.0. The summed E-state index contributed by atoms with van der Waals surface area (Å²) >= 11 is 0. The molecule has 1 aliphatic rings. The molecule has 1 fully saturated rings. The lowest BCUT2D eigenvalue weighted by Gasteiger charge is -2.20. The molecule has 5 nitrogen and oxygen atoms in total. The van der Waals surface area contributed by atoms with E-state index >= 15 is 0 Å². The van der Waals surface area contributed by atoms with Crippen LogP contribution in [0.15, 0.2) is 35.2 Å². The lowest BCUT2D eigenvalue weighted by molar-refractivity contribution is -0.131. The van der Waals surface area contributed by atoms with Gasteiger partial charge in [0.05, 0.1) is 4.90 Å². The van der Waals surface area contributed by atoms with E-state index in [2.05, 4.69) is 0 Å². The number of carbonyl (C=O) groups is 1. The highest BCUT2D eigenvalue weighted by atomic mass is 32.2. The average molecular weight is 295 g/mol. The maximum absolute atomic E-state index is 12.5. The summed E-state index contributed by atoms with van der Waals surface area (Å²) in [6.07, 6.45) is 4.19. The number of rotatable bonds is 6. The molecule has 1 aliphatic carbocycles. The molecular weight excluding hydrogens is 278 g/mol. The van der Waals surface area contributed by atoms with E-state index in [4.69, 9.17) is 5.11 Å². The van der Waals surface area contributed by atoms with Crippen LogP contribution in [0.1, 0.15) is 25.3 Å². The largest absolute Gasteiger partial charge is 0.478 e. The zero-order valence-electron chi connectivity index (χ0n) is 11.2. The monoisotopic (exact) mass is 295 g/mol. The summed E-state index contributed by atoms with van der Waals surface area (Å²) in [6, 6.07) is 6.45. The van der Waals surface area contributed by atoms with Gasteiger partial charge in [-0.15, -0.1) is 0 Å². The lowest BCUT2D eigenvalue weighted by atomic mass is 10.2.